The summed E-state index contributed by atoms with van der Waals surface area (Å²) in [5.41, 5.74) is 3.97. The second-order valence-corrected chi connectivity index (χ2v) is 5.09. The molecule has 0 saturated carbocycles. The summed E-state index contributed by atoms with van der Waals surface area (Å²) in [6, 6.07) is 10.8. The summed E-state index contributed by atoms with van der Waals surface area (Å²) in [4.78, 5) is 6.57. The molecule has 0 atom stereocenters. The Morgan fingerprint density at radius 2 is 2.05 bits per heavy atom. The maximum Gasteiger partial charge on any atom is 0.123 e. The van der Waals surface area contributed by atoms with Crippen LogP contribution in [0.3, 0.4) is 0 Å². The first-order valence-corrected chi connectivity index (χ1v) is 7.20. The van der Waals surface area contributed by atoms with E-state index in [0.29, 0.717) is 11.9 Å². The van der Waals surface area contributed by atoms with Crippen molar-refractivity contribution in [2.45, 2.75) is 18.8 Å². The molecule has 4 heteroatoms. The minimum absolute atomic E-state index is 0.208. The summed E-state index contributed by atoms with van der Waals surface area (Å²) >= 11 is 3.40. The van der Waals surface area contributed by atoms with Crippen LogP contribution >= 0.6 is 15.9 Å². The van der Waals surface area contributed by atoms with E-state index in [1.807, 2.05) is 38.2 Å². The van der Waals surface area contributed by atoms with Crippen molar-refractivity contribution in [3.05, 3.63) is 59.2 Å². The van der Waals surface area contributed by atoms with E-state index in [1.54, 1.807) is 6.07 Å². The predicted octanol–water partition coefficient (Wildman–Crippen LogP) is 4.06. The fraction of sp³-hybridized carbons (Fsp3) is 0.267. The van der Waals surface area contributed by atoms with Gasteiger partial charge in [0.2, 0.25) is 0 Å². The number of nitrogens with zero attached hydrogens (tertiary/aromatic N) is 2. The van der Waals surface area contributed by atoms with Gasteiger partial charge < -0.3 is 4.90 Å². The fourth-order valence-electron chi connectivity index (χ4n) is 2.05. The molecule has 2 nitrogen and oxygen atoms in total. The molecule has 0 N–H and O–H groups in total. The Labute approximate surface area is 121 Å². The first-order valence-electron chi connectivity index (χ1n) is 6.08. The first kappa shape index (κ1) is 14.0. The van der Waals surface area contributed by atoms with Gasteiger partial charge in [0.05, 0.1) is 12.2 Å². The standard InChI is InChI=1S/C15H16BrFN2/c1-11-4-3-5-14(18-11)10-19(2)15-7-6-13(17)8-12(15)9-16/h3-8H,9-10H2,1-2H3. The van der Waals surface area contributed by atoms with Crippen molar-refractivity contribution in [3.8, 4) is 0 Å². The summed E-state index contributed by atoms with van der Waals surface area (Å²) in [5.74, 6) is -0.208. The first-order chi connectivity index (χ1) is 9.10. The molecule has 0 radical (unpaired) electrons. The van der Waals surface area contributed by atoms with Crippen LogP contribution in [0.25, 0.3) is 0 Å². The van der Waals surface area contributed by atoms with Gasteiger partial charge in [-0.2, -0.15) is 0 Å². The zero-order valence-corrected chi connectivity index (χ0v) is 12.6. The topological polar surface area (TPSA) is 16.1 Å². The number of aromatic nitrogens is 1. The van der Waals surface area contributed by atoms with Gasteiger partial charge in [0.1, 0.15) is 5.82 Å². The number of benzene rings is 1. The van der Waals surface area contributed by atoms with Gasteiger partial charge in [0.25, 0.3) is 0 Å². The zero-order chi connectivity index (χ0) is 13.8. The molecular weight excluding hydrogens is 307 g/mol. The van der Waals surface area contributed by atoms with Crippen LogP contribution in [0.15, 0.2) is 36.4 Å². The van der Waals surface area contributed by atoms with Crippen LogP contribution in [0.1, 0.15) is 17.0 Å². The lowest BCUT2D eigenvalue weighted by atomic mass is 10.1. The minimum Gasteiger partial charge on any atom is -0.368 e. The van der Waals surface area contributed by atoms with Gasteiger partial charge in [-0.25, -0.2) is 4.39 Å². The molecule has 0 saturated heterocycles. The zero-order valence-electron chi connectivity index (χ0n) is 11.0. The Morgan fingerprint density at radius 1 is 1.26 bits per heavy atom. The molecule has 100 valence electrons. The van der Waals surface area contributed by atoms with E-state index >= 15 is 0 Å². The van der Waals surface area contributed by atoms with E-state index in [0.717, 1.165) is 22.6 Å². The van der Waals surface area contributed by atoms with Gasteiger partial charge in [0, 0.05) is 23.8 Å². The molecule has 1 aromatic carbocycles. The van der Waals surface area contributed by atoms with Crippen LogP contribution in [0.4, 0.5) is 10.1 Å². The largest absolute Gasteiger partial charge is 0.368 e. The van der Waals surface area contributed by atoms with Gasteiger partial charge >= 0.3 is 0 Å². The maximum atomic E-state index is 13.2. The molecule has 0 spiro atoms. The van der Waals surface area contributed by atoms with Crippen molar-refractivity contribution in [2.24, 2.45) is 0 Å². The number of pyridine rings is 1. The molecule has 19 heavy (non-hydrogen) atoms. The van der Waals surface area contributed by atoms with Crippen LogP contribution in [0.2, 0.25) is 0 Å². The number of aryl methyl sites for hydroxylation is 1. The summed E-state index contributed by atoms with van der Waals surface area (Å²) in [5, 5.41) is 0.631. The molecule has 0 bridgehead atoms. The van der Waals surface area contributed by atoms with Gasteiger partial charge in [-0.05, 0) is 42.8 Å². The number of anilines is 1. The SMILES string of the molecule is Cc1cccc(CN(C)c2ccc(F)cc2CBr)n1. The lowest BCUT2D eigenvalue weighted by Gasteiger charge is -2.21. The highest BCUT2D eigenvalue weighted by Gasteiger charge is 2.09. The predicted molar refractivity (Wildman–Crippen MR) is 80.1 cm³/mol. The Kier molecular flexibility index (Phi) is 4.53. The number of rotatable bonds is 4. The monoisotopic (exact) mass is 322 g/mol. The number of halogens is 2. The molecule has 0 aliphatic heterocycles. The lowest BCUT2D eigenvalue weighted by molar-refractivity contribution is 0.626. The van der Waals surface area contributed by atoms with Crippen LogP contribution in [-0.2, 0) is 11.9 Å². The molecule has 0 unspecified atom stereocenters. The van der Waals surface area contributed by atoms with Crippen molar-refractivity contribution >= 4 is 21.6 Å². The Hall–Kier alpha value is -1.42. The minimum atomic E-state index is -0.208. The van der Waals surface area contributed by atoms with Crippen molar-refractivity contribution < 1.29 is 4.39 Å². The van der Waals surface area contributed by atoms with E-state index in [1.165, 1.54) is 6.07 Å². The highest BCUT2D eigenvalue weighted by atomic mass is 79.9. The van der Waals surface area contributed by atoms with Crippen LogP contribution in [-0.4, -0.2) is 12.0 Å². The van der Waals surface area contributed by atoms with Crippen molar-refractivity contribution in [1.29, 1.82) is 0 Å². The van der Waals surface area contributed by atoms with Crippen molar-refractivity contribution in [1.82, 2.24) is 4.98 Å². The van der Waals surface area contributed by atoms with E-state index in [2.05, 4.69) is 25.8 Å². The Balaban J connectivity index is 2.22. The molecule has 1 heterocycles. The third-order valence-corrected chi connectivity index (χ3v) is 3.55. The van der Waals surface area contributed by atoms with E-state index < -0.39 is 0 Å². The molecule has 0 amide bonds. The number of hydrogen-bond donors (Lipinski definition) is 0. The molecule has 0 aliphatic carbocycles. The third kappa shape index (κ3) is 3.53. The number of hydrogen-bond acceptors (Lipinski definition) is 2. The highest BCUT2D eigenvalue weighted by molar-refractivity contribution is 9.08. The normalized spacial score (nSPS) is 10.5. The lowest BCUT2D eigenvalue weighted by Crippen LogP contribution is -2.18. The maximum absolute atomic E-state index is 13.2. The quantitative estimate of drug-likeness (QED) is 0.789. The van der Waals surface area contributed by atoms with E-state index in [9.17, 15) is 4.39 Å². The smallest absolute Gasteiger partial charge is 0.123 e. The molecule has 2 rings (SSSR count). The fourth-order valence-corrected chi connectivity index (χ4v) is 2.50. The highest BCUT2D eigenvalue weighted by Crippen LogP contribution is 2.24. The van der Waals surface area contributed by atoms with Gasteiger partial charge in [-0.1, -0.05) is 22.0 Å². The van der Waals surface area contributed by atoms with Gasteiger partial charge in [-0.3, -0.25) is 4.98 Å². The molecule has 2 aromatic rings. The average Bonchev–Trinajstić information content (AvgIpc) is 2.38. The third-order valence-electron chi connectivity index (χ3n) is 2.94. The molecule has 1 aromatic heterocycles. The Bertz CT molecular complexity index is 572. The second-order valence-electron chi connectivity index (χ2n) is 4.53. The summed E-state index contributed by atoms with van der Waals surface area (Å²) in [6.45, 7) is 2.68. The van der Waals surface area contributed by atoms with Gasteiger partial charge in [-0.15, -0.1) is 0 Å². The van der Waals surface area contributed by atoms with Crippen molar-refractivity contribution in [2.75, 3.05) is 11.9 Å². The van der Waals surface area contributed by atoms with Crippen LogP contribution in [0.5, 0.6) is 0 Å². The number of alkyl halides is 1. The Morgan fingerprint density at radius 3 is 2.74 bits per heavy atom. The average molecular weight is 323 g/mol. The summed E-state index contributed by atoms with van der Waals surface area (Å²) in [7, 11) is 1.99. The van der Waals surface area contributed by atoms with E-state index in [-0.39, 0.29) is 5.82 Å². The molecular formula is C15H16BrFN2. The van der Waals surface area contributed by atoms with Crippen molar-refractivity contribution in [3.63, 3.8) is 0 Å². The molecule has 0 fully saturated rings. The molecule has 0 aliphatic rings. The van der Waals surface area contributed by atoms with E-state index in [4.69, 9.17) is 0 Å². The summed E-state index contributed by atoms with van der Waals surface area (Å²) in [6.07, 6.45) is 0. The van der Waals surface area contributed by atoms with Gasteiger partial charge in [0.15, 0.2) is 0 Å². The summed E-state index contributed by atoms with van der Waals surface area (Å²) < 4.78 is 13.2. The van der Waals surface area contributed by atoms with Crippen LogP contribution < -0.4 is 4.90 Å². The van der Waals surface area contributed by atoms with Crippen LogP contribution in [0, 0.1) is 12.7 Å². The second kappa shape index (κ2) is 6.15.